The van der Waals surface area contributed by atoms with Crippen molar-refractivity contribution in [2.24, 2.45) is 0 Å². The average molecular weight is 386 g/mol. The number of allylic oxidation sites excluding steroid dienone is 1. The molecule has 0 saturated carbocycles. The first-order chi connectivity index (χ1) is 14.1. The van der Waals surface area contributed by atoms with Crippen molar-refractivity contribution in [2.45, 2.75) is 13.0 Å². The molecule has 4 rings (SSSR count). The van der Waals surface area contributed by atoms with E-state index in [1.165, 1.54) is 6.33 Å². The topological polar surface area (TPSA) is 105 Å². The number of hydrogen-bond acceptors (Lipinski definition) is 6. The van der Waals surface area contributed by atoms with Crippen LogP contribution < -0.4 is 15.4 Å². The van der Waals surface area contributed by atoms with Crippen LogP contribution in [0.5, 0.6) is 5.75 Å². The molecule has 0 aliphatic carbocycles. The fourth-order valence-corrected chi connectivity index (χ4v) is 3.37. The van der Waals surface area contributed by atoms with E-state index in [0.29, 0.717) is 34.2 Å². The Morgan fingerprint density at radius 1 is 1.24 bits per heavy atom. The van der Waals surface area contributed by atoms with Gasteiger partial charge in [-0.05, 0) is 36.8 Å². The van der Waals surface area contributed by atoms with Crippen molar-refractivity contribution in [1.82, 2.24) is 14.8 Å². The van der Waals surface area contributed by atoms with E-state index < -0.39 is 6.04 Å². The van der Waals surface area contributed by atoms with Crippen molar-refractivity contribution >= 4 is 17.5 Å². The van der Waals surface area contributed by atoms with E-state index in [-0.39, 0.29) is 5.91 Å². The minimum Gasteiger partial charge on any atom is -0.495 e. The maximum Gasteiger partial charge on any atom is 0.255 e. The van der Waals surface area contributed by atoms with Gasteiger partial charge in [0.1, 0.15) is 18.1 Å². The van der Waals surface area contributed by atoms with Crippen molar-refractivity contribution in [3.8, 4) is 11.8 Å². The van der Waals surface area contributed by atoms with Crippen LogP contribution in [0.15, 0.2) is 66.1 Å². The molecule has 1 amide bonds. The first-order valence-corrected chi connectivity index (χ1v) is 8.94. The van der Waals surface area contributed by atoms with Gasteiger partial charge in [-0.3, -0.25) is 4.79 Å². The normalized spacial score (nSPS) is 15.1. The number of para-hydroxylation sites is 2. The van der Waals surface area contributed by atoms with Gasteiger partial charge in [0, 0.05) is 5.70 Å². The van der Waals surface area contributed by atoms with Crippen molar-refractivity contribution < 1.29 is 9.53 Å². The van der Waals surface area contributed by atoms with Crippen LogP contribution in [0.2, 0.25) is 0 Å². The van der Waals surface area contributed by atoms with Crippen molar-refractivity contribution in [2.75, 3.05) is 17.7 Å². The molecule has 1 aliphatic rings. The maximum atomic E-state index is 13.3. The number of fused-ring (bicyclic) bond motifs is 1. The minimum atomic E-state index is -0.490. The van der Waals surface area contributed by atoms with Crippen LogP contribution in [0.4, 0.5) is 11.6 Å². The summed E-state index contributed by atoms with van der Waals surface area (Å²) in [5.74, 6) is 0.833. The first kappa shape index (κ1) is 18.3. The van der Waals surface area contributed by atoms with Crippen molar-refractivity contribution in [1.29, 1.82) is 5.26 Å². The van der Waals surface area contributed by atoms with E-state index in [1.54, 1.807) is 36.1 Å². The molecule has 0 spiro atoms. The van der Waals surface area contributed by atoms with E-state index in [1.807, 2.05) is 31.2 Å². The van der Waals surface area contributed by atoms with Gasteiger partial charge in [0.2, 0.25) is 5.95 Å². The lowest BCUT2D eigenvalue weighted by Gasteiger charge is -2.29. The molecule has 1 aromatic heterocycles. The molecule has 3 aromatic rings. The molecule has 8 nitrogen and oxygen atoms in total. The number of nitrogens with zero attached hydrogens (tertiary/aromatic N) is 4. The first-order valence-electron chi connectivity index (χ1n) is 8.94. The predicted octanol–water partition coefficient (Wildman–Crippen LogP) is 3.09. The number of rotatable bonds is 4. The third-order valence-electron chi connectivity index (χ3n) is 4.75. The summed E-state index contributed by atoms with van der Waals surface area (Å²) < 4.78 is 6.99. The highest BCUT2D eigenvalue weighted by Crippen LogP contribution is 2.35. The summed E-state index contributed by atoms with van der Waals surface area (Å²) in [7, 11) is 1.55. The summed E-state index contributed by atoms with van der Waals surface area (Å²) in [5, 5.41) is 19.5. The van der Waals surface area contributed by atoms with Crippen LogP contribution in [0.25, 0.3) is 0 Å². The molecular weight excluding hydrogens is 368 g/mol. The van der Waals surface area contributed by atoms with Gasteiger partial charge in [-0.25, -0.2) is 4.68 Å². The molecule has 2 aromatic carbocycles. The number of nitriles is 1. The SMILES string of the molecule is COc1ccccc1NC(=O)C1=C(C)Nc2ncnn2C1c1ccc(C#N)cc1. The van der Waals surface area contributed by atoms with Gasteiger partial charge in [-0.15, -0.1) is 0 Å². The third kappa shape index (κ3) is 3.30. The molecule has 0 radical (unpaired) electrons. The van der Waals surface area contributed by atoms with Gasteiger partial charge in [0.15, 0.2) is 0 Å². The van der Waals surface area contributed by atoms with Gasteiger partial charge in [0.05, 0.1) is 30.0 Å². The molecule has 1 unspecified atom stereocenters. The number of carbonyl (C=O) groups excluding carboxylic acids is 1. The van der Waals surface area contributed by atoms with Crippen LogP contribution in [-0.4, -0.2) is 27.8 Å². The lowest BCUT2D eigenvalue weighted by Crippen LogP contribution is -2.31. The number of methoxy groups -OCH3 is 1. The molecular formula is C21H18N6O2. The van der Waals surface area contributed by atoms with Gasteiger partial charge >= 0.3 is 0 Å². The number of benzene rings is 2. The second-order valence-corrected chi connectivity index (χ2v) is 6.48. The predicted molar refractivity (Wildman–Crippen MR) is 107 cm³/mol. The number of nitrogens with one attached hydrogen (secondary N) is 2. The highest BCUT2D eigenvalue weighted by Gasteiger charge is 2.33. The molecule has 144 valence electrons. The number of carbonyl (C=O) groups is 1. The Morgan fingerprint density at radius 3 is 2.72 bits per heavy atom. The highest BCUT2D eigenvalue weighted by atomic mass is 16.5. The third-order valence-corrected chi connectivity index (χ3v) is 4.75. The standard InChI is InChI=1S/C21H18N6O2/c1-13-18(20(28)26-16-5-3-4-6-17(16)29-2)19(27-21(25-13)23-12-24-27)15-9-7-14(11-22)8-10-15/h3-10,12,19H,1-2H3,(H,26,28)(H,23,24,25). The molecule has 0 fully saturated rings. The molecule has 2 heterocycles. The maximum absolute atomic E-state index is 13.3. The van der Waals surface area contributed by atoms with E-state index in [2.05, 4.69) is 26.8 Å². The Balaban J connectivity index is 1.76. The van der Waals surface area contributed by atoms with Crippen LogP contribution in [-0.2, 0) is 4.79 Å². The number of hydrogen-bond donors (Lipinski definition) is 2. The summed E-state index contributed by atoms with van der Waals surface area (Å²) in [4.78, 5) is 17.5. The van der Waals surface area contributed by atoms with E-state index in [9.17, 15) is 4.79 Å². The smallest absolute Gasteiger partial charge is 0.255 e. The van der Waals surface area contributed by atoms with Crippen LogP contribution >= 0.6 is 0 Å². The second-order valence-electron chi connectivity index (χ2n) is 6.48. The summed E-state index contributed by atoms with van der Waals surface area (Å²) in [6.45, 7) is 1.83. The Bertz CT molecular complexity index is 1140. The molecule has 8 heteroatoms. The molecule has 0 bridgehead atoms. The largest absolute Gasteiger partial charge is 0.495 e. The summed E-state index contributed by atoms with van der Waals surface area (Å²) in [6.07, 6.45) is 1.44. The van der Waals surface area contributed by atoms with Gasteiger partial charge in [-0.1, -0.05) is 24.3 Å². The zero-order chi connectivity index (χ0) is 20.4. The van der Waals surface area contributed by atoms with E-state index >= 15 is 0 Å². The minimum absolute atomic E-state index is 0.282. The highest BCUT2D eigenvalue weighted by molar-refractivity contribution is 6.06. The van der Waals surface area contributed by atoms with Crippen molar-refractivity contribution in [3.05, 3.63) is 77.3 Å². The lowest BCUT2D eigenvalue weighted by molar-refractivity contribution is -0.113. The lowest BCUT2D eigenvalue weighted by atomic mass is 9.94. The van der Waals surface area contributed by atoms with Crippen LogP contribution in [0.1, 0.15) is 24.1 Å². The Hall–Kier alpha value is -4.12. The summed E-state index contributed by atoms with van der Waals surface area (Å²) in [5.41, 5.74) is 3.11. The van der Waals surface area contributed by atoms with Gasteiger partial charge in [0.25, 0.3) is 5.91 Å². The van der Waals surface area contributed by atoms with Crippen LogP contribution in [0, 0.1) is 11.3 Å². The Morgan fingerprint density at radius 2 is 2.00 bits per heavy atom. The molecule has 1 aliphatic heterocycles. The van der Waals surface area contributed by atoms with Crippen LogP contribution in [0.3, 0.4) is 0 Å². The van der Waals surface area contributed by atoms with Crippen molar-refractivity contribution in [3.63, 3.8) is 0 Å². The van der Waals surface area contributed by atoms with E-state index in [0.717, 1.165) is 5.56 Å². The van der Waals surface area contributed by atoms with E-state index in [4.69, 9.17) is 10.00 Å². The fraction of sp³-hybridized carbons (Fsp3) is 0.143. The summed E-state index contributed by atoms with van der Waals surface area (Å²) >= 11 is 0. The quantitative estimate of drug-likeness (QED) is 0.714. The molecule has 1 atom stereocenters. The Labute approximate surface area is 167 Å². The molecule has 0 saturated heterocycles. The summed E-state index contributed by atoms with van der Waals surface area (Å²) in [6, 6.07) is 15.9. The fourth-order valence-electron chi connectivity index (χ4n) is 3.37. The zero-order valence-corrected chi connectivity index (χ0v) is 15.9. The number of amides is 1. The Kier molecular flexibility index (Phi) is 4.71. The number of anilines is 2. The number of aromatic nitrogens is 3. The zero-order valence-electron chi connectivity index (χ0n) is 15.9. The second kappa shape index (κ2) is 7.48. The molecule has 2 N–H and O–H groups in total. The van der Waals surface area contributed by atoms with Gasteiger partial charge < -0.3 is 15.4 Å². The average Bonchev–Trinajstić information content (AvgIpc) is 3.21. The monoisotopic (exact) mass is 386 g/mol. The van der Waals surface area contributed by atoms with Gasteiger partial charge in [-0.2, -0.15) is 15.3 Å². The molecule has 29 heavy (non-hydrogen) atoms. The number of ether oxygens (including phenoxy) is 1.